The summed E-state index contributed by atoms with van der Waals surface area (Å²) in [5.74, 6) is -0.951. The summed E-state index contributed by atoms with van der Waals surface area (Å²) in [5.41, 5.74) is 0.0643. The molecule has 2 rings (SSSR count). The Labute approximate surface area is 145 Å². The maximum atomic E-state index is 12.3. The van der Waals surface area contributed by atoms with Crippen molar-refractivity contribution in [3.05, 3.63) is 0 Å². The van der Waals surface area contributed by atoms with Crippen molar-refractivity contribution in [2.45, 2.75) is 75.8 Å². The number of carbonyl (C=O) groups excluding carboxylic acids is 1. The standard InChI is InChI=1S/C18H33N3O3/c1-21(2)18(11-5-3-4-6-12-18)13-19-17(24)20-15-9-7-14(8-10-15)16(22)23/h14-15H,3-13H2,1-2H3,(H,22,23)(H2,19,20,24). The highest BCUT2D eigenvalue weighted by Gasteiger charge is 2.34. The summed E-state index contributed by atoms with van der Waals surface area (Å²) >= 11 is 0. The third-order valence-electron chi connectivity index (χ3n) is 5.97. The van der Waals surface area contributed by atoms with Gasteiger partial charge in [0.2, 0.25) is 0 Å². The van der Waals surface area contributed by atoms with Crippen LogP contribution in [0.25, 0.3) is 0 Å². The van der Waals surface area contributed by atoms with Crippen LogP contribution < -0.4 is 10.6 Å². The number of hydrogen-bond acceptors (Lipinski definition) is 3. The van der Waals surface area contributed by atoms with Gasteiger partial charge >= 0.3 is 12.0 Å². The second kappa shape index (κ2) is 8.70. The lowest BCUT2D eigenvalue weighted by molar-refractivity contribution is -0.142. The molecule has 2 aliphatic rings. The van der Waals surface area contributed by atoms with Crippen molar-refractivity contribution in [1.82, 2.24) is 15.5 Å². The predicted molar refractivity (Wildman–Crippen MR) is 94.0 cm³/mol. The van der Waals surface area contributed by atoms with Crippen LogP contribution >= 0.6 is 0 Å². The van der Waals surface area contributed by atoms with E-state index < -0.39 is 5.97 Å². The monoisotopic (exact) mass is 339 g/mol. The van der Waals surface area contributed by atoms with Crippen LogP contribution in [0.1, 0.15) is 64.2 Å². The summed E-state index contributed by atoms with van der Waals surface area (Å²) in [7, 11) is 4.22. The van der Waals surface area contributed by atoms with E-state index in [2.05, 4.69) is 29.6 Å². The molecule has 0 unspecified atom stereocenters. The van der Waals surface area contributed by atoms with Gasteiger partial charge in [0.05, 0.1) is 5.92 Å². The number of nitrogens with one attached hydrogen (secondary N) is 2. The fourth-order valence-corrected chi connectivity index (χ4v) is 4.13. The molecule has 0 saturated heterocycles. The Morgan fingerprint density at radius 3 is 2.12 bits per heavy atom. The number of carbonyl (C=O) groups is 2. The highest BCUT2D eigenvalue weighted by molar-refractivity contribution is 5.74. The van der Waals surface area contributed by atoms with E-state index >= 15 is 0 Å². The first-order valence-corrected chi connectivity index (χ1v) is 9.37. The van der Waals surface area contributed by atoms with E-state index in [-0.39, 0.29) is 23.5 Å². The van der Waals surface area contributed by atoms with Gasteiger partial charge in [-0.2, -0.15) is 0 Å². The Balaban J connectivity index is 1.78. The molecule has 0 aromatic heterocycles. The molecule has 2 amide bonds. The van der Waals surface area contributed by atoms with Crippen molar-refractivity contribution >= 4 is 12.0 Å². The van der Waals surface area contributed by atoms with E-state index in [9.17, 15) is 9.59 Å². The number of rotatable bonds is 5. The van der Waals surface area contributed by atoms with Crippen molar-refractivity contribution < 1.29 is 14.7 Å². The van der Waals surface area contributed by atoms with Crippen LogP contribution in [0.15, 0.2) is 0 Å². The van der Waals surface area contributed by atoms with E-state index in [1.165, 1.54) is 25.7 Å². The number of aliphatic carboxylic acids is 1. The fourth-order valence-electron chi connectivity index (χ4n) is 4.13. The maximum Gasteiger partial charge on any atom is 0.315 e. The van der Waals surface area contributed by atoms with E-state index in [1.54, 1.807) is 0 Å². The Morgan fingerprint density at radius 2 is 1.62 bits per heavy atom. The average molecular weight is 339 g/mol. The molecule has 0 aliphatic heterocycles. The molecule has 0 heterocycles. The number of carboxylic acid groups (broad SMARTS) is 1. The summed E-state index contributed by atoms with van der Waals surface area (Å²) in [4.78, 5) is 25.5. The van der Waals surface area contributed by atoms with Crippen LogP contribution in [0.3, 0.4) is 0 Å². The fraction of sp³-hybridized carbons (Fsp3) is 0.889. The zero-order chi connectivity index (χ0) is 17.6. The number of carboxylic acids is 1. The summed E-state index contributed by atoms with van der Waals surface area (Å²) in [6.45, 7) is 0.677. The van der Waals surface area contributed by atoms with Crippen molar-refractivity contribution in [3.63, 3.8) is 0 Å². The van der Waals surface area contributed by atoms with Gasteiger partial charge in [-0.1, -0.05) is 25.7 Å². The average Bonchev–Trinajstić information content (AvgIpc) is 2.80. The van der Waals surface area contributed by atoms with E-state index in [0.29, 0.717) is 19.4 Å². The molecule has 24 heavy (non-hydrogen) atoms. The van der Waals surface area contributed by atoms with Crippen molar-refractivity contribution in [2.24, 2.45) is 5.92 Å². The van der Waals surface area contributed by atoms with Crippen molar-refractivity contribution in [2.75, 3.05) is 20.6 Å². The molecule has 0 radical (unpaired) electrons. The lowest BCUT2D eigenvalue weighted by atomic mass is 9.86. The quantitative estimate of drug-likeness (QED) is 0.673. The van der Waals surface area contributed by atoms with Gasteiger partial charge in [0.1, 0.15) is 0 Å². The second-order valence-corrected chi connectivity index (χ2v) is 7.75. The number of amides is 2. The van der Waals surface area contributed by atoms with Gasteiger partial charge in [-0.25, -0.2) is 4.79 Å². The zero-order valence-corrected chi connectivity index (χ0v) is 15.1. The third kappa shape index (κ3) is 5.10. The summed E-state index contributed by atoms with van der Waals surface area (Å²) in [6, 6.07) is -0.00992. The SMILES string of the molecule is CN(C)C1(CNC(=O)NC2CCC(C(=O)O)CC2)CCCCCC1. The Bertz CT molecular complexity index is 423. The molecule has 0 atom stereocenters. The maximum absolute atomic E-state index is 12.3. The molecule has 0 spiro atoms. The van der Waals surface area contributed by atoms with Gasteiger partial charge in [-0.05, 0) is 52.6 Å². The highest BCUT2D eigenvalue weighted by Crippen LogP contribution is 2.30. The van der Waals surface area contributed by atoms with E-state index in [1.807, 2.05) is 0 Å². The Morgan fingerprint density at radius 1 is 1.04 bits per heavy atom. The molecule has 3 N–H and O–H groups in total. The smallest absolute Gasteiger partial charge is 0.315 e. The van der Waals surface area contributed by atoms with Crippen LogP contribution in [0, 0.1) is 5.92 Å². The predicted octanol–water partition coefficient (Wildman–Crippen LogP) is 2.58. The molecule has 6 heteroatoms. The van der Waals surface area contributed by atoms with Gasteiger partial charge in [0, 0.05) is 18.1 Å². The first kappa shape index (κ1) is 19.0. The topological polar surface area (TPSA) is 81.7 Å². The molecule has 0 aromatic rings. The van der Waals surface area contributed by atoms with Gasteiger partial charge in [-0.3, -0.25) is 4.79 Å². The van der Waals surface area contributed by atoms with Gasteiger partial charge < -0.3 is 20.6 Å². The number of urea groups is 1. The van der Waals surface area contributed by atoms with E-state index in [0.717, 1.165) is 25.7 Å². The Kier molecular flexibility index (Phi) is 6.90. The van der Waals surface area contributed by atoms with Crippen LogP contribution in [0.5, 0.6) is 0 Å². The molecule has 138 valence electrons. The number of nitrogens with zero attached hydrogens (tertiary/aromatic N) is 1. The minimum Gasteiger partial charge on any atom is -0.481 e. The van der Waals surface area contributed by atoms with E-state index in [4.69, 9.17) is 5.11 Å². The largest absolute Gasteiger partial charge is 0.481 e. The lowest BCUT2D eigenvalue weighted by Gasteiger charge is -2.40. The first-order chi connectivity index (χ1) is 11.4. The van der Waals surface area contributed by atoms with Gasteiger partial charge in [0.15, 0.2) is 0 Å². The number of hydrogen-bond donors (Lipinski definition) is 3. The number of likely N-dealkylation sites (N-methyl/N-ethyl adjacent to an activating group) is 1. The minimum absolute atomic E-state index is 0.0643. The summed E-state index contributed by atoms with van der Waals surface area (Å²) < 4.78 is 0. The van der Waals surface area contributed by atoms with Crippen molar-refractivity contribution in [1.29, 1.82) is 0 Å². The van der Waals surface area contributed by atoms with Crippen molar-refractivity contribution in [3.8, 4) is 0 Å². The molecule has 6 nitrogen and oxygen atoms in total. The summed E-state index contributed by atoms with van der Waals surface area (Å²) in [6.07, 6.45) is 10.1. The Hall–Kier alpha value is -1.30. The molecular formula is C18H33N3O3. The molecule has 0 bridgehead atoms. The molecule has 2 saturated carbocycles. The van der Waals surface area contributed by atoms with Crippen LogP contribution in [0.2, 0.25) is 0 Å². The van der Waals surface area contributed by atoms with Crippen LogP contribution in [-0.2, 0) is 4.79 Å². The summed E-state index contributed by atoms with van der Waals surface area (Å²) in [5, 5.41) is 15.1. The van der Waals surface area contributed by atoms with Crippen LogP contribution in [0.4, 0.5) is 4.79 Å². The highest BCUT2D eigenvalue weighted by atomic mass is 16.4. The third-order valence-corrected chi connectivity index (χ3v) is 5.97. The minimum atomic E-state index is -0.709. The molecular weight excluding hydrogens is 306 g/mol. The van der Waals surface area contributed by atoms with Gasteiger partial charge in [0.25, 0.3) is 0 Å². The van der Waals surface area contributed by atoms with Crippen LogP contribution in [-0.4, -0.2) is 54.2 Å². The lowest BCUT2D eigenvalue weighted by Crippen LogP contribution is -2.55. The second-order valence-electron chi connectivity index (χ2n) is 7.75. The first-order valence-electron chi connectivity index (χ1n) is 9.37. The van der Waals surface area contributed by atoms with Gasteiger partial charge in [-0.15, -0.1) is 0 Å². The molecule has 2 fully saturated rings. The zero-order valence-electron chi connectivity index (χ0n) is 15.1. The molecule has 2 aliphatic carbocycles. The molecule has 0 aromatic carbocycles. The normalized spacial score (nSPS) is 27.3.